The minimum absolute atomic E-state index is 0.0492. The van der Waals surface area contributed by atoms with Gasteiger partial charge in [-0.2, -0.15) is 0 Å². The minimum Gasteiger partial charge on any atom is -0.427 e. The van der Waals surface area contributed by atoms with Crippen molar-refractivity contribution in [3.05, 3.63) is 64.5 Å². The third-order valence-corrected chi connectivity index (χ3v) is 8.40. The molecule has 2 aliphatic carbocycles. The van der Waals surface area contributed by atoms with Gasteiger partial charge >= 0.3 is 12.1 Å². The SMILES string of the molecule is CNC(=O)Nc1ccc2c(c1)CC[C@@]21OC(=O)N(CC(=O)N2Cc3ccc(F)cc3CC[C@]2(O)C2CC2)C1=O. The van der Waals surface area contributed by atoms with Crippen LogP contribution in [-0.4, -0.2) is 58.2 Å². The zero-order valence-electron chi connectivity index (χ0n) is 21.5. The number of amides is 5. The number of nitrogens with one attached hydrogen (secondary N) is 2. The number of hydrogen-bond donors (Lipinski definition) is 3. The Bertz CT molecular complexity index is 1410. The molecular weight excluding hydrogens is 507 g/mol. The largest absolute Gasteiger partial charge is 0.427 e. The highest BCUT2D eigenvalue weighted by Gasteiger charge is 2.59. The summed E-state index contributed by atoms with van der Waals surface area (Å²) in [6.45, 7) is -0.524. The van der Waals surface area contributed by atoms with Crippen LogP contribution in [-0.2, 0) is 39.3 Å². The summed E-state index contributed by atoms with van der Waals surface area (Å²) in [5.74, 6) is -1.70. The van der Waals surface area contributed by atoms with Gasteiger partial charge in [-0.25, -0.2) is 18.9 Å². The second-order valence-electron chi connectivity index (χ2n) is 10.7. The molecule has 0 bridgehead atoms. The van der Waals surface area contributed by atoms with Crippen molar-refractivity contribution < 1.29 is 33.4 Å². The summed E-state index contributed by atoms with van der Waals surface area (Å²) in [6, 6.07) is 8.99. The van der Waals surface area contributed by atoms with Gasteiger partial charge in [-0.05, 0) is 73.1 Å². The van der Waals surface area contributed by atoms with E-state index in [2.05, 4.69) is 10.6 Å². The van der Waals surface area contributed by atoms with Gasteiger partial charge in [0, 0.05) is 37.2 Å². The minimum atomic E-state index is -1.53. The van der Waals surface area contributed by atoms with Crippen molar-refractivity contribution in [2.24, 2.45) is 5.92 Å². The molecule has 1 saturated carbocycles. The van der Waals surface area contributed by atoms with Gasteiger partial charge in [-0.15, -0.1) is 0 Å². The number of anilines is 1. The Morgan fingerprint density at radius 3 is 2.59 bits per heavy atom. The Morgan fingerprint density at radius 1 is 1.08 bits per heavy atom. The molecule has 4 aliphatic rings. The van der Waals surface area contributed by atoms with Crippen LogP contribution in [0.15, 0.2) is 36.4 Å². The smallest absolute Gasteiger partial charge is 0.418 e. The number of halogens is 1. The maximum atomic E-state index is 13.9. The van der Waals surface area contributed by atoms with E-state index in [1.54, 1.807) is 24.3 Å². The number of benzene rings is 2. The number of carbonyl (C=O) groups excluding carboxylic acids is 4. The molecule has 1 spiro atoms. The van der Waals surface area contributed by atoms with E-state index in [-0.39, 0.29) is 37.2 Å². The fraction of sp³-hybridized carbons (Fsp3) is 0.429. The third kappa shape index (κ3) is 4.12. The lowest BCUT2D eigenvalue weighted by Crippen LogP contribution is -2.55. The van der Waals surface area contributed by atoms with Crippen LogP contribution >= 0.6 is 0 Å². The molecule has 5 amide bonds. The summed E-state index contributed by atoms with van der Waals surface area (Å²) in [7, 11) is 1.50. The normalized spacial score (nSPS) is 25.7. The molecule has 2 atom stereocenters. The van der Waals surface area contributed by atoms with E-state index in [9.17, 15) is 28.7 Å². The van der Waals surface area contributed by atoms with E-state index < -0.39 is 35.8 Å². The summed E-state index contributed by atoms with van der Waals surface area (Å²) < 4.78 is 19.5. The number of imide groups is 1. The van der Waals surface area contributed by atoms with Gasteiger partial charge in [0.2, 0.25) is 11.5 Å². The van der Waals surface area contributed by atoms with E-state index >= 15 is 0 Å². The molecule has 2 aromatic rings. The maximum Gasteiger partial charge on any atom is 0.418 e. The molecule has 2 heterocycles. The van der Waals surface area contributed by atoms with Gasteiger partial charge in [0.15, 0.2) is 0 Å². The number of aliphatic hydroxyl groups is 1. The number of urea groups is 1. The standard InChI is InChI=1S/C28H29FN4O6/c1-30-25(36)31-21-6-7-22-17(13-21)8-10-27(22)24(35)32(26(37)39-27)15-23(34)33-14-18-2-5-20(29)12-16(18)9-11-28(33,38)19-3-4-19/h2,5-7,12-13,19,38H,3-4,8-11,14-15H2,1H3,(H2,30,31,36)/t27-,28+/m1/s1. The van der Waals surface area contributed by atoms with Gasteiger partial charge in [0.1, 0.15) is 18.1 Å². The number of nitrogens with zero attached hydrogens (tertiary/aromatic N) is 2. The van der Waals surface area contributed by atoms with Gasteiger partial charge in [0.05, 0.1) is 0 Å². The van der Waals surface area contributed by atoms with Crippen molar-refractivity contribution in [1.29, 1.82) is 0 Å². The van der Waals surface area contributed by atoms with Crippen molar-refractivity contribution >= 4 is 29.6 Å². The number of rotatable bonds is 4. The first-order chi connectivity index (χ1) is 18.6. The van der Waals surface area contributed by atoms with Crippen molar-refractivity contribution in [3.8, 4) is 0 Å². The molecule has 39 heavy (non-hydrogen) atoms. The molecule has 6 rings (SSSR count). The van der Waals surface area contributed by atoms with Crippen LogP contribution < -0.4 is 10.6 Å². The van der Waals surface area contributed by atoms with Crippen LogP contribution in [0.25, 0.3) is 0 Å². The molecule has 0 unspecified atom stereocenters. The maximum absolute atomic E-state index is 13.9. The van der Waals surface area contributed by atoms with Crippen LogP contribution in [0.4, 0.5) is 19.7 Å². The molecule has 1 saturated heterocycles. The fourth-order valence-corrected chi connectivity index (χ4v) is 6.16. The zero-order valence-corrected chi connectivity index (χ0v) is 21.5. The first kappa shape index (κ1) is 25.3. The summed E-state index contributed by atoms with van der Waals surface area (Å²) >= 11 is 0. The second-order valence-corrected chi connectivity index (χ2v) is 10.7. The van der Waals surface area contributed by atoms with Crippen LogP contribution in [0.3, 0.4) is 0 Å². The van der Waals surface area contributed by atoms with E-state index in [1.807, 2.05) is 0 Å². The van der Waals surface area contributed by atoms with Crippen LogP contribution in [0, 0.1) is 11.7 Å². The van der Waals surface area contributed by atoms with Crippen LogP contribution in [0.5, 0.6) is 0 Å². The Balaban J connectivity index is 1.25. The van der Waals surface area contributed by atoms with Crippen molar-refractivity contribution in [2.45, 2.75) is 56.4 Å². The molecule has 0 aromatic heterocycles. The molecule has 3 N–H and O–H groups in total. The van der Waals surface area contributed by atoms with E-state index in [4.69, 9.17) is 4.74 Å². The van der Waals surface area contributed by atoms with Crippen molar-refractivity contribution in [1.82, 2.24) is 15.1 Å². The topological polar surface area (TPSA) is 128 Å². The lowest BCUT2D eigenvalue weighted by atomic mass is 9.94. The lowest BCUT2D eigenvalue weighted by Gasteiger charge is -2.39. The number of carbonyl (C=O) groups is 4. The molecule has 2 fully saturated rings. The van der Waals surface area contributed by atoms with Gasteiger partial charge in [-0.1, -0.05) is 12.1 Å². The molecule has 0 radical (unpaired) electrons. The second kappa shape index (κ2) is 9.04. The summed E-state index contributed by atoms with van der Waals surface area (Å²) in [4.78, 5) is 54.2. The highest BCUT2D eigenvalue weighted by Crippen LogP contribution is 2.48. The Morgan fingerprint density at radius 2 is 1.85 bits per heavy atom. The number of fused-ring (bicyclic) bond motifs is 3. The van der Waals surface area contributed by atoms with Crippen molar-refractivity contribution in [2.75, 3.05) is 18.9 Å². The average Bonchev–Trinajstić information content (AvgIpc) is 3.70. The number of aryl methyl sites for hydroxylation is 2. The molecule has 11 heteroatoms. The highest BCUT2D eigenvalue weighted by molar-refractivity contribution is 6.06. The number of ether oxygens (including phenoxy) is 1. The van der Waals surface area contributed by atoms with E-state index in [1.165, 1.54) is 24.1 Å². The highest BCUT2D eigenvalue weighted by atomic mass is 19.1. The van der Waals surface area contributed by atoms with E-state index in [0.29, 0.717) is 24.1 Å². The van der Waals surface area contributed by atoms with Crippen LogP contribution in [0.2, 0.25) is 0 Å². The van der Waals surface area contributed by atoms with E-state index in [0.717, 1.165) is 34.4 Å². The molecular formula is C28H29FN4O6. The molecule has 204 valence electrons. The predicted octanol–water partition coefficient (Wildman–Crippen LogP) is 2.77. The average molecular weight is 537 g/mol. The predicted molar refractivity (Wildman–Crippen MR) is 136 cm³/mol. The fourth-order valence-electron chi connectivity index (χ4n) is 6.16. The Kier molecular flexibility index (Phi) is 5.87. The first-order valence-electron chi connectivity index (χ1n) is 13.1. The molecule has 2 aromatic carbocycles. The molecule has 10 nitrogen and oxygen atoms in total. The monoisotopic (exact) mass is 536 g/mol. The summed E-state index contributed by atoms with van der Waals surface area (Å²) in [6.07, 6.45) is 1.91. The Hall–Kier alpha value is -3.99. The summed E-state index contributed by atoms with van der Waals surface area (Å²) in [5.41, 5.74) is 0.289. The quantitative estimate of drug-likeness (QED) is 0.551. The lowest BCUT2D eigenvalue weighted by molar-refractivity contribution is -0.170. The third-order valence-electron chi connectivity index (χ3n) is 8.40. The molecule has 2 aliphatic heterocycles. The van der Waals surface area contributed by atoms with Gasteiger partial charge in [-0.3, -0.25) is 9.59 Å². The van der Waals surface area contributed by atoms with Crippen LogP contribution in [0.1, 0.15) is 47.9 Å². The van der Waals surface area contributed by atoms with Crippen molar-refractivity contribution in [3.63, 3.8) is 0 Å². The number of hydrogen-bond acceptors (Lipinski definition) is 6. The zero-order chi connectivity index (χ0) is 27.5. The first-order valence-corrected chi connectivity index (χ1v) is 13.1. The van der Waals surface area contributed by atoms with Gasteiger partial charge < -0.3 is 25.4 Å². The summed E-state index contributed by atoms with van der Waals surface area (Å²) in [5, 5.41) is 16.8. The Labute approximate surface area is 224 Å². The van der Waals surface area contributed by atoms with Gasteiger partial charge in [0.25, 0.3) is 5.91 Å².